The van der Waals surface area contributed by atoms with E-state index in [9.17, 15) is 9.59 Å². The van der Waals surface area contributed by atoms with Crippen LogP contribution in [0, 0.1) is 10.5 Å². The van der Waals surface area contributed by atoms with Crippen LogP contribution < -0.4 is 20.1 Å². The summed E-state index contributed by atoms with van der Waals surface area (Å²) in [7, 11) is 3.16. The van der Waals surface area contributed by atoms with Crippen LogP contribution in [-0.4, -0.2) is 78.5 Å². The van der Waals surface area contributed by atoms with Crippen molar-refractivity contribution in [1.82, 2.24) is 19.8 Å². The molecule has 10 nitrogen and oxygen atoms in total. The lowest BCUT2D eigenvalue weighted by molar-refractivity contribution is 0.0643. The molecule has 0 spiro atoms. The molecule has 1 fully saturated rings. The molecule has 12 heteroatoms. The summed E-state index contributed by atoms with van der Waals surface area (Å²) < 4.78 is 12.5. The maximum atomic E-state index is 13.4. The summed E-state index contributed by atoms with van der Waals surface area (Å²) in [6.45, 7) is 8.32. The summed E-state index contributed by atoms with van der Waals surface area (Å²) in [5, 5.41) is 8.12. The van der Waals surface area contributed by atoms with Crippen molar-refractivity contribution < 1.29 is 19.1 Å². The molecule has 1 aliphatic rings. The highest BCUT2D eigenvalue weighted by atomic mass is 127. The summed E-state index contributed by atoms with van der Waals surface area (Å²) in [5.74, 6) is 1.57. The number of methoxy groups -OCH3 is 2. The number of benzene rings is 2. The molecule has 0 bridgehead atoms. The number of halogens is 1. The Hall–Kier alpha value is -3.49. The van der Waals surface area contributed by atoms with Gasteiger partial charge < -0.3 is 29.9 Å². The Labute approximate surface area is 256 Å². The number of fused-ring (bicyclic) bond motifs is 1. The Morgan fingerprint density at radius 3 is 2.41 bits per heavy atom. The Morgan fingerprint density at radius 1 is 1.05 bits per heavy atom. The molecule has 0 unspecified atom stereocenters. The number of likely N-dealkylation sites (N-methyl/N-ethyl adjacent to an activating group) is 1. The second-order valence-electron chi connectivity index (χ2n) is 9.53. The molecule has 0 atom stereocenters. The van der Waals surface area contributed by atoms with Gasteiger partial charge in [0.25, 0.3) is 11.8 Å². The molecule has 1 aliphatic heterocycles. The molecule has 5 rings (SSSR count). The van der Waals surface area contributed by atoms with Gasteiger partial charge >= 0.3 is 0 Å². The van der Waals surface area contributed by atoms with E-state index in [-0.39, 0.29) is 11.8 Å². The van der Waals surface area contributed by atoms with E-state index in [1.54, 1.807) is 25.7 Å². The number of nitrogens with zero attached hydrogens (tertiary/aromatic N) is 4. The van der Waals surface area contributed by atoms with Gasteiger partial charge in [-0.15, -0.1) is 11.3 Å². The number of hydrogen-bond acceptors (Lipinski definition) is 9. The molecular weight excluding hydrogens is 655 g/mol. The molecule has 1 saturated heterocycles. The Kier molecular flexibility index (Phi) is 8.90. The van der Waals surface area contributed by atoms with Crippen LogP contribution in [0.2, 0.25) is 0 Å². The van der Waals surface area contributed by atoms with E-state index in [0.717, 1.165) is 52.2 Å². The van der Waals surface area contributed by atoms with Crippen LogP contribution in [-0.2, 0) is 0 Å². The summed E-state index contributed by atoms with van der Waals surface area (Å²) in [4.78, 5) is 39.5. The van der Waals surface area contributed by atoms with Crippen LogP contribution >= 0.6 is 33.9 Å². The van der Waals surface area contributed by atoms with Gasteiger partial charge in [-0.25, -0.2) is 9.97 Å². The van der Waals surface area contributed by atoms with E-state index in [0.29, 0.717) is 39.6 Å². The fraction of sp³-hybridized carbons (Fsp3) is 0.310. The number of nitrogens with one attached hydrogen (secondary N) is 2. The van der Waals surface area contributed by atoms with Crippen molar-refractivity contribution in [2.75, 3.05) is 57.6 Å². The van der Waals surface area contributed by atoms with E-state index >= 15 is 0 Å². The molecular formula is C29H31IN6O4S. The third-order valence-corrected chi connectivity index (χ3v) is 9.27. The van der Waals surface area contributed by atoms with Gasteiger partial charge in [0, 0.05) is 54.4 Å². The van der Waals surface area contributed by atoms with Crippen molar-refractivity contribution >= 4 is 73.2 Å². The lowest BCUT2D eigenvalue weighted by Crippen LogP contribution is -2.48. The predicted octanol–water partition coefficient (Wildman–Crippen LogP) is 5.40. The molecule has 214 valence electrons. The number of aromatic nitrogens is 2. The van der Waals surface area contributed by atoms with Crippen LogP contribution in [0.1, 0.15) is 33.2 Å². The summed E-state index contributed by atoms with van der Waals surface area (Å²) in [6, 6.07) is 9.19. The molecule has 0 radical (unpaired) electrons. The summed E-state index contributed by atoms with van der Waals surface area (Å²) >= 11 is 3.54. The maximum absolute atomic E-state index is 13.4. The van der Waals surface area contributed by atoms with Crippen molar-refractivity contribution in [2.45, 2.75) is 13.8 Å². The average Bonchev–Trinajstić information content (AvgIpc) is 3.45. The zero-order valence-corrected chi connectivity index (χ0v) is 26.3. The first-order chi connectivity index (χ1) is 19.8. The van der Waals surface area contributed by atoms with Gasteiger partial charge in [0.15, 0.2) is 5.82 Å². The summed E-state index contributed by atoms with van der Waals surface area (Å²) in [5.41, 5.74) is 3.85. The SMILES string of the molecule is CCN1CCN(C(=O)c2ccc(Nc3ncnc4c(C(=O)Nc5c(C)c(OC)cc(OC)c5I)csc34)cc2)CC1. The maximum Gasteiger partial charge on any atom is 0.258 e. The van der Waals surface area contributed by atoms with Crippen LogP contribution in [0.3, 0.4) is 0 Å². The number of rotatable bonds is 8. The van der Waals surface area contributed by atoms with Gasteiger partial charge in [-0.3, -0.25) is 9.59 Å². The fourth-order valence-electron chi connectivity index (χ4n) is 4.78. The number of anilines is 3. The van der Waals surface area contributed by atoms with E-state index in [2.05, 4.69) is 55.0 Å². The molecule has 0 saturated carbocycles. The first kappa shape index (κ1) is 29.0. The van der Waals surface area contributed by atoms with Crippen molar-refractivity contribution in [3.05, 3.63) is 62.3 Å². The number of thiophene rings is 1. The predicted molar refractivity (Wildman–Crippen MR) is 170 cm³/mol. The third kappa shape index (κ3) is 5.95. The van der Waals surface area contributed by atoms with E-state index in [4.69, 9.17) is 9.47 Å². The topological polar surface area (TPSA) is 109 Å². The van der Waals surface area contributed by atoms with Gasteiger partial charge in [-0.05, 0) is 60.3 Å². The highest BCUT2D eigenvalue weighted by Crippen LogP contribution is 2.39. The molecule has 3 heterocycles. The second-order valence-corrected chi connectivity index (χ2v) is 11.5. The van der Waals surface area contributed by atoms with Gasteiger partial charge in [0.2, 0.25) is 0 Å². The first-order valence-corrected chi connectivity index (χ1v) is 15.1. The Balaban J connectivity index is 1.33. The second kappa shape index (κ2) is 12.6. The summed E-state index contributed by atoms with van der Waals surface area (Å²) in [6.07, 6.45) is 1.44. The van der Waals surface area contributed by atoms with Crippen molar-refractivity contribution in [3.8, 4) is 11.5 Å². The van der Waals surface area contributed by atoms with Gasteiger partial charge in [-0.2, -0.15) is 0 Å². The van der Waals surface area contributed by atoms with Crippen LogP contribution in [0.5, 0.6) is 11.5 Å². The normalized spacial score (nSPS) is 13.7. The lowest BCUT2D eigenvalue weighted by atomic mass is 10.1. The Bertz CT molecular complexity index is 1560. The van der Waals surface area contributed by atoms with Crippen LogP contribution in [0.4, 0.5) is 17.2 Å². The number of carbonyl (C=O) groups excluding carboxylic acids is 2. The van der Waals surface area contributed by atoms with Crippen LogP contribution in [0.15, 0.2) is 42.0 Å². The van der Waals surface area contributed by atoms with E-state index in [1.165, 1.54) is 17.7 Å². The standard InChI is InChI=1S/C29H31IN6O4S/c1-5-35-10-12-36(13-11-35)29(38)18-6-8-19(9-7-18)33-27-26-25(31-16-32-27)20(15-41-26)28(37)34-24-17(2)21(39-3)14-22(40-4)23(24)30/h6-9,14-16H,5,10-13H2,1-4H3,(H,34,37)(H,31,32,33). The van der Waals surface area contributed by atoms with E-state index in [1.807, 2.05) is 36.1 Å². The lowest BCUT2D eigenvalue weighted by Gasteiger charge is -2.34. The smallest absolute Gasteiger partial charge is 0.258 e. The largest absolute Gasteiger partial charge is 0.496 e. The van der Waals surface area contributed by atoms with Gasteiger partial charge in [0.1, 0.15) is 17.8 Å². The minimum Gasteiger partial charge on any atom is -0.496 e. The average molecular weight is 687 g/mol. The van der Waals surface area contributed by atoms with Gasteiger partial charge in [0.05, 0.1) is 39.3 Å². The molecule has 2 amide bonds. The zero-order chi connectivity index (χ0) is 29.1. The fourth-order valence-corrected chi connectivity index (χ4v) is 6.63. The highest BCUT2D eigenvalue weighted by molar-refractivity contribution is 14.1. The molecule has 0 aliphatic carbocycles. The molecule has 2 N–H and O–H groups in total. The number of piperazine rings is 1. The minimum absolute atomic E-state index is 0.0456. The molecule has 2 aromatic carbocycles. The van der Waals surface area contributed by atoms with Crippen LogP contribution in [0.25, 0.3) is 10.2 Å². The minimum atomic E-state index is -0.292. The van der Waals surface area contributed by atoms with Crippen molar-refractivity contribution in [2.24, 2.45) is 0 Å². The molecule has 2 aromatic heterocycles. The number of hydrogen-bond donors (Lipinski definition) is 2. The molecule has 41 heavy (non-hydrogen) atoms. The third-order valence-electron chi connectivity index (χ3n) is 7.22. The van der Waals surface area contributed by atoms with Crippen molar-refractivity contribution in [1.29, 1.82) is 0 Å². The number of carbonyl (C=O) groups is 2. The number of amides is 2. The monoisotopic (exact) mass is 686 g/mol. The van der Waals surface area contributed by atoms with E-state index < -0.39 is 0 Å². The molecule has 4 aromatic rings. The first-order valence-electron chi connectivity index (χ1n) is 13.2. The quantitative estimate of drug-likeness (QED) is 0.238. The van der Waals surface area contributed by atoms with Crippen molar-refractivity contribution in [3.63, 3.8) is 0 Å². The zero-order valence-electron chi connectivity index (χ0n) is 23.3. The number of ether oxygens (including phenoxy) is 2. The van der Waals surface area contributed by atoms with Gasteiger partial charge in [-0.1, -0.05) is 6.92 Å². The highest BCUT2D eigenvalue weighted by Gasteiger charge is 2.23. The Morgan fingerprint density at radius 2 is 1.76 bits per heavy atom.